The third kappa shape index (κ3) is 2.75. The van der Waals surface area contributed by atoms with Crippen LogP contribution in [-0.2, 0) is 13.6 Å². The number of nitrogen functional groups attached to an aromatic ring is 1. The molecule has 2 heterocycles. The smallest absolute Gasteiger partial charge is 0.271 e. The van der Waals surface area contributed by atoms with E-state index in [1.807, 2.05) is 13.1 Å². The number of anilines is 1. The van der Waals surface area contributed by atoms with Crippen molar-refractivity contribution in [3.05, 3.63) is 29.3 Å². The first kappa shape index (κ1) is 13.1. The number of nitrogens with zero attached hydrogens (tertiary/aromatic N) is 4. The summed E-state index contributed by atoms with van der Waals surface area (Å²) >= 11 is 0. The van der Waals surface area contributed by atoms with E-state index in [1.54, 1.807) is 24.9 Å². The Morgan fingerprint density at radius 3 is 2.74 bits per heavy atom. The zero-order valence-corrected chi connectivity index (χ0v) is 11.3. The number of nitrogens with two attached hydrogens (primary N) is 1. The molecule has 0 saturated heterocycles. The fourth-order valence-corrected chi connectivity index (χ4v) is 1.90. The van der Waals surface area contributed by atoms with Crippen LogP contribution in [0.5, 0.6) is 0 Å². The SMILES string of the molecule is Cc1cnn(CCNC(=O)c2c(N)c(C)nn2C)c1. The highest BCUT2D eigenvalue weighted by Crippen LogP contribution is 2.14. The summed E-state index contributed by atoms with van der Waals surface area (Å²) in [7, 11) is 1.70. The largest absolute Gasteiger partial charge is 0.395 e. The number of amides is 1. The second-order valence-electron chi connectivity index (χ2n) is 4.51. The highest BCUT2D eigenvalue weighted by Gasteiger charge is 2.17. The molecular weight excluding hydrogens is 244 g/mol. The number of nitrogens with one attached hydrogen (secondary N) is 1. The second kappa shape index (κ2) is 5.13. The first-order valence-corrected chi connectivity index (χ1v) is 6.05. The third-order valence-corrected chi connectivity index (χ3v) is 2.87. The van der Waals surface area contributed by atoms with E-state index in [4.69, 9.17) is 5.73 Å². The van der Waals surface area contributed by atoms with Crippen LogP contribution in [0.25, 0.3) is 0 Å². The molecule has 3 N–H and O–H groups in total. The summed E-state index contributed by atoms with van der Waals surface area (Å²) in [4.78, 5) is 12.0. The van der Waals surface area contributed by atoms with E-state index in [1.165, 1.54) is 4.68 Å². The maximum absolute atomic E-state index is 12.0. The van der Waals surface area contributed by atoms with Crippen molar-refractivity contribution in [1.29, 1.82) is 0 Å². The Kier molecular flexibility index (Phi) is 3.55. The summed E-state index contributed by atoms with van der Waals surface area (Å²) in [6, 6.07) is 0. The monoisotopic (exact) mass is 262 g/mol. The zero-order valence-electron chi connectivity index (χ0n) is 11.3. The van der Waals surface area contributed by atoms with Crippen LogP contribution in [0.3, 0.4) is 0 Å². The van der Waals surface area contributed by atoms with Crippen LogP contribution in [0.2, 0.25) is 0 Å². The molecule has 0 atom stereocenters. The Balaban J connectivity index is 1.94. The lowest BCUT2D eigenvalue weighted by molar-refractivity contribution is 0.0943. The van der Waals surface area contributed by atoms with Crippen molar-refractivity contribution < 1.29 is 4.79 Å². The predicted molar refractivity (Wildman–Crippen MR) is 71.7 cm³/mol. The van der Waals surface area contributed by atoms with E-state index in [2.05, 4.69) is 15.5 Å². The summed E-state index contributed by atoms with van der Waals surface area (Å²) < 4.78 is 3.28. The fraction of sp³-hybridized carbons (Fsp3) is 0.417. The minimum atomic E-state index is -0.218. The Bertz CT molecular complexity index is 597. The van der Waals surface area contributed by atoms with Gasteiger partial charge in [0.2, 0.25) is 0 Å². The zero-order chi connectivity index (χ0) is 14.0. The fourth-order valence-electron chi connectivity index (χ4n) is 1.90. The molecule has 2 aromatic heterocycles. The Morgan fingerprint density at radius 2 is 2.21 bits per heavy atom. The highest BCUT2D eigenvalue weighted by molar-refractivity contribution is 5.97. The first-order valence-electron chi connectivity index (χ1n) is 6.05. The molecule has 0 fully saturated rings. The van der Waals surface area contributed by atoms with Crippen LogP contribution in [-0.4, -0.2) is 32.0 Å². The first-order chi connectivity index (χ1) is 8.99. The van der Waals surface area contributed by atoms with Crippen LogP contribution < -0.4 is 11.1 Å². The number of aromatic nitrogens is 4. The van der Waals surface area contributed by atoms with Gasteiger partial charge in [0.15, 0.2) is 0 Å². The molecule has 7 heteroatoms. The Labute approximate surface area is 111 Å². The topological polar surface area (TPSA) is 90.8 Å². The predicted octanol–water partition coefficient (Wildman–Crippen LogP) is 0.246. The van der Waals surface area contributed by atoms with Gasteiger partial charge >= 0.3 is 0 Å². The quantitative estimate of drug-likeness (QED) is 0.826. The van der Waals surface area contributed by atoms with Gasteiger partial charge in [0, 0.05) is 19.8 Å². The minimum Gasteiger partial charge on any atom is -0.395 e. The van der Waals surface area contributed by atoms with Gasteiger partial charge in [0.05, 0.1) is 24.1 Å². The lowest BCUT2D eigenvalue weighted by Crippen LogP contribution is -2.29. The van der Waals surface area contributed by atoms with Crippen molar-refractivity contribution in [2.75, 3.05) is 12.3 Å². The molecule has 19 heavy (non-hydrogen) atoms. The number of carbonyl (C=O) groups excluding carboxylic acids is 1. The van der Waals surface area contributed by atoms with Gasteiger partial charge in [-0.05, 0) is 19.4 Å². The molecule has 102 valence electrons. The van der Waals surface area contributed by atoms with Crippen molar-refractivity contribution in [1.82, 2.24) is 24.9 Å². The lowest BCUT2D eigenvalue weighted by atomic mass is 10.3. The molecule has 7 nitrogen and oxygen atoms in total. The van der Waals surface area contributed by atoms with Crippen LogP contribution >= 0.6 is 0 Å². The maximum atomic E-state index is 12.0. The molecule has 0 aliphatic carbocycles. The van der Waals surface area contributed by atoms with Gasteiger partial charge < -0.3 is 11.1 Å². The van der Waals surface area contributed by atoms with Gasteiger partial charge in [-0.25, -0.2) is 0 Å². The summed E-state index contributed by atoms with van der Waals surface area (Å²) in [6.07, 6.45) is 3.71. The van der Waals surface area contributed by atoms with E-state index in [0.29, 0.717) is 30.2 Å². The molecule has 1 amide bonds. The van der Waals surface area contributed by atoms with Crippen LogP contribution in [0.15, 0.2) is 12.4 Å². The van der Waals surface area contributed by atoms with Gasteiger partial charge in [-0.1, -0.05) is 0 Å². The van der Waals surface area contributed by atoms with Crippen LogP contribution in [0.1, 0.15) is 21.7 Å². The maximum Gasteiger partial charge on any atom is 0.271 e. The third-order valence-electron chi connectivity index (χ3n) is 2.87. The molecular formula is C12H18N6O. The number of rotatable bonds is 4. The number of hydrogen-bond donors (Lipinski definition) is 2. The normalized spacial score (nSPS) is 10.7. The van der Waals surface area contributed by atoms with Crippen molar-refractivity contribution in [3.8, 4) is 0 Å². The van der Waals surface area contributed by atoms with E-state index in [0.717, 1.165) is 5.56 Å². The molecule has 0 aliphatic heterocycles. The molecule has 0 spiro atoms. The van der Waals surface area contributed by atoms with Crippen LogP contribution in [0.4, 0.5) is 5.69 Å². The minimum absolute atomic E-state index is 0.218. The number of carbonyl (C=O) groups is 1. The van der Waals surface area contributed by atoms with E-state index >= 15 is 0 Å². The van der Waals surface area contributed by atoms with Gasteiger partial charge in [-0.15, -0.1) is 0 Å². The standard InChI is InChI=1S/C12H18N6O/c1-8-6-15-18(7-8)5-4-14-12(19)11-10(13)9(2)16-17(11)3/h6-7H,4-5,13H2,1-3H3,(H,14,19). The van der Waals surface area contributed by atoms with Crippen molar-refractivity contribution in [3.63, 3.8) is 0 Å². The molecule has 2 rings (SSSR count). The van der Waals surface area contributed by atoms with E-state index in [-0.39, 0.29) is 5.91 Å². The highest BCUT2D eigenvalue weighted by atomic mass is 16.2. The summed E-state index contributed by atoms with van der Waals surface area (Å²) in [5.74, 6) is -0.218. The summed E-state index contributed by atoms with van der Waals surface area (Å²) in [6.45, 7) is 4.86. The van der Waals surface area contributed by atoms with Gasteiger partial charge in [0.1, 0.15) is 5.69 Å². The van der Waals surface area contributed by atoms with Crippen molar-refractivity contribution >= 4 is 11.6 Å². The van der Waals surface area contributed by atoms with Gasteiger partial charge in [0.25, 0.3) is 5.91 Å². The molecule has 0 unspecified atom stereocenters. The number of hydrogen-bond acceptors (Lipinski definition) is 4. The van der Waals surface area contributed by atoms with Crippen LogP contribution in [0, 0.1) is 13.8 Å². The Hall–Kier alpha value is -2.31. The Morgan fingerprint density at radius 1 is 1.47 bits per heavy atom. The molecule has 0 saturated carbocycles. The second-order valence-corrected chi connectivity index (χ2v) is 4.51. The molecule has 0 radical (unpaired) electrons. The summed E-state index contributed by atoms with van der Waals surface area (Å²) in [5, 5.41) is 11.1. The van der Waals surface area contributed by atoms with Crippen molar-refractivity contribution in [2.24, 2.45) is 7.05 Å². The molecule has 0 aromatic carbocycles. The van der Waals surface area contributed by atoms with E-state index < -0.39 is 0 Å². The van der Waals surface area contributed by atoms with Gasteiger partial charge in [-0.2, -0.15) is 10.2 Å². The lowest BCUT2D eigenvalue weighted by Gasteiger charge is -2.06. The molecule has 0 aliphatic rings. The van der Waals surface area contributed by atoms with Crippen molar-refractivity contribution in [2.45, 2.75) is 20.4 Å². The average molecular weight is 262 g/mol. The van der Waals surface area contributed by atoms with Gasteiger partial charge in [-0.3, -0.25) is 14.2 Å². The average Bonchev–Trinajstić information content (AvgIpc) is 2.84. The molecule has 0 bridgehead atoms. The number of aryl methyl sites for hydroxylation is 3. The summed E-state index contributed by atoms with van der Waals surface area (Å²) in [5.41, 5.74) is 8.41. The molecule has 2 aromatic rings. The van der Waals surface area contributed by atoms with E-state index in [9.17, 15) is 4.79 Å².